The maximum Gasteiger partial charge on any atom is 0.291 e. The maximum absolute atomic E-state index is 11.9. The summed E-state index contributed by atoms with van der Waals surface area (Å²) in [6.07, 6.45) is 0.173. The number of carbonyl (C=O) groups excluding carboxylic acids is 2. The Morgan fingerprint density at radius 3 is 2.35 bits per heavy atom. The van der Waals surface area contributed by atoms with Crippen LogP contribution in [0.4, 0.5) is 5.69 Å². The second-order valence-corrected chi connectivity index (χ2v) is 4.26. The Labute approximate surface area is 115 Å². The van der Waals surface area contributed by atoms with Gasteiger partial charge in [0.15, 0.2) is 5.76 Å². The van der Waals surface area contributed by atoms with Crippen LogP contribution in [0.3, 0.4) is 0 Å². The molecule has 0 fully saturated rings. The van der Waals surface area contributed by atoms with Gasteiger partial charge in [0.05, 0.1) is 13.0 Å². The zero-order valence-electron chi connectivity index (χ0n) is 10.8. The van der Waals surface area contributed by atoms with Crippen molar-refractivity contribution in [2.75, 3.05) is 5.32 Å². The molecule has 0 saturated heterocycles. The lowest BCUT2D eigenvalue weighted by atomic mass is 10.1. The molecule has 0 spiro atoms. The first-order valence-electron chi connectivity index (χ1n) is 6.06. The van der Waals surface area contributed by atoms with E-state index < -0.39 is 5.91 Å². The molecule has 0 bridgehead atoms. The van der Waals surface area contributed by atoms with Gasteiger partial charge in [0.1, 0.15) is 5.76 Å². The first kappa shape index (κ1) is 13.8. The lowest BCUT2D eigenvalue weighted by Gasteiger charge is -2.04. The van der Waals surface area contributed by atoms with Gasteiger partial charge >= 0.3 is 0 Å². The zero-order valence-corrected chi connectivity index (χ0v) is 10.8. The zero-order chi connectivity index (χ0) is 14.5. The third-order valence-corrected chi connectivity index (χ3v) is 2.68. The number of rotatable bonds is 5. The highest BCUT2D eigenvalue weighted by Gasteiger charge is 2.11. The largest absolute Gasteiger partial charge is 0.455 e. The summed E-state index contributed by atoms with van der Waals surface area (Å²) in [5, 5.41) is 2.69. The fraction of sp³-hybridized carbons (Fsp3) is 0.143. The summed E-state index contributed by atoms with van der Waals surface area (Å²) in [4.78, 5) is 22.7. The van der Waals surface area contributed by atoms with Gasteiger partial charge in [-0.1, -0.05) is 12.1 Å². The Morgan fingerprint density at radius 1 is 1.10 bits per heavy atom. The molecule has 6 heteroatoms. The van der Waals surface area contributed by atoms with E-state index in [1.807, 2.05) is 0 Å². The second-order valence-electron chi connectivity index (χ2n) is 4.26. The number of primary amides is 1. The fourth-order valence-electron chi connectivity index (χ4n) is 1.71. The Hall–Kier alpha value is -2.60. The molecule has 5 N–H and O–H groups in total. The standard InChI is InChI=1S/C14H15N3O3/c15-8-11-5-6-12(20-11)14(19)17-10-3-1-9(2-4-10)7-13(16)18/h1-6H,7-8,15H2,(H2,16,18)(H,17,19). The molecule has 0 aliphatic rings. The summed E-state index contributed by atoms with van der Waals surface area (Å²) in [6, 6.07) is 10.1. The van der Waals surface area contributed by atoms with Crippen LogP contribution in [0.25, 0.3) is 0 Å². The van der Waals surface area contributed by atoms with Gasteiger partial charge in [-0.15, -0.1) is 0 Å². The topological polar surface area (TPSA) is 111 Å². The van der Waals surface area contributed by atoms with Gasteiger partial charge in [0.2, 0.25) is 5.91 Å². The van der Waals surface area contributed by atoms with Crippen molar-refractivity contribution in [3.63, 3.8) is 0 Å². The Kier molecular flexibility index (Phi) is 4.17. The normalized spacial score (nSPS) is 10.2. The molecule has 1 heterocycles. The van der Waals surface area contributed by atoms with Crippen molar-refractivity contribution in [3.05, 3.63) is 53.5 Å². The van der Waals surface area contributed by atoms with E-state index in [9.17, 15) is 9.59 Å². The number of anilines is 1. The van der Waals surface area contributed by atoms with Crippen molar-refractivity contribution >= 4 is 17.5 Å². The highest BCUT2D eigenvalue weighted by Crippen LogP contribution is 2.13. The van der Waals surface area contributed by atoms with Crippen LogP contribution in [0.2, 0.25) is 0 Å². The number of hydrogen-bond acceptors (Lipinski definition) is 4. The molecule has 0 unspecified atom stereocenters. The molecule has 0 aliphatic carbocycles. The van der Waals surface area contributed by atoms with Gasteiger partial charge in [-0.2, -0.15) is 0 Å². The van der Waals surface area contributed by atoms with Crippen LogP contribution in [-0.2, 0) is 17.8 Å². The molecule has 2 aromatic rings. The van der Waals surface area contributed by atoms with Gasteiger partial charge in [-0.3, -0.25) is 9.59 Å². The van der Waals surface area contributed by atoms with Crippen LogP contribution >= 0.6 is 0 Å². The van der Waals surface area contributed by atoms with E-state index in [0.717, 1.165) is 5.56 Å². The van der Waals surface area contributed by atoms with E-state index in [-0.39, 0.29) is 24.6 Å². The average molecular weight is 273 g/mol. The number of carbonyl (C=O) groups is 2. The molecule has 104 valence electrons. The van der Waals surface area contributed by atoms with Crippen LogP contribution in [0.1, 0.15) is 21.9 Å². The first-order chi connectivity index (χ1) is 9.58. The number of nitrogens with two attached hydrogens (primary N) is 2. The molecule has 2 rings (SSSR count). The van der Waals surface area contributed by atoms with E-state index >= 15 is 0 Å². The third-order valence-electron chi connectivity index (χ3n) is 2.68. The van der Waals surface area contributed by atoms with Gasteiger partial charge < -0.3 is 21.2 Å². The summed E-state index contributed by atoms with van der Waals surface area (Å²) >= 11 is 0. The third kappa shape index (κ3) is 3.46. The van der Waals surface area contributed by atoms with Gasteiger partial charge in [-0.05, 0) is 29.8 Å². The Morgan fingerprint density at radius 2 is 1.80 bits per heavy atom. The minimum Gasteiger partial charge on any atom is -0.455 e. The van der Waals surface area contributed by atoms with Crippen LogP contribution in [0, 0.1) is 0 Å². The average Bonchev–Trinajstić information content (AvgIpc) is 2.89. The van der Waals surface area contributed by atoms with E-state index in [1.165, 1.54) is 0 Å². The molecular weight excluding hydrogens is 258 g/mol. The van der Waals surface area contributed by atoms with Gasteiger partial charge in [0, 0.05) is 5.69 Å². The van der Waals surface area contributed by atoms with Crippen LogP contribution < -0.4 is 16.8 Å². The van der Waals surface area contributed by atoms with Crippen LogP contribution in [-0.4, -0.2) is 11.8 Å². The number of hydrogen-bond donors (Lipinski definition) is 3. The van der Waals surface area contributed by atoms with Crippen molar-refractivity contribution in [3.8, 4) is 0 Å². The molecule has 0 aliphatic heterocycles. The Balaban J connectivity index is 2.02. The molecule has 0 saturated carbocycles. The summed E-state index contributed by atoms with van der Waals surface area (Å²) in [7, 11) is 0. The molecule has 0 atom stereocenters. The summed E-state index contributed by atoms with van der Waals surface area (Å²) < 4.78 is 5.24. The fourth-order valence-corrected chi connectivity index (χ4v) is 1.71. The lowest BCUT2D eigenvalue weighted by Crippen LogP contribution is -2.14. The summed E-state index contributed by atoms with van der Waals surface area (Å²) in [5.41, 5.74) is 11.9. The quantitative estimate of drug-likeness (QED) is 0.755. The molecule has 1 aromatic carbocycles. The predicted octanol–water partition coefficient (Wildman–Crippen LogP) is 1.02. The number of amides is 2. The van der Waals surface area contributed by atoms with E-state index in [2.05, 4.69) is 5.32 Å². The van der Waals surface area contributed by atoms with Crippen molar-refractivity contribution in [2.45, 2.75) is 13.0 Å². The minimum absolute atomic E-state index is 0.173. The molecular formula is C14H15N3O3. The van der Waals surface area contributed by atoms with Crippen LogP contribution in [0.15, 0.2) is 40.8 Å². The first-order valence-corrected chi connectivity index (χ1v) is 6.06. The molecule has 0 radical (unpaired) electrons. The highest BCUT2D eigenvalue weighted by molar-refractivity contribution is 6.02. The second kappa shape index (κ2) is 6.03. The van der Waals surface area contributed by atoms with Crippen LogP contribution in [0.5, 0.6) is 0 Å². The van der Waals surface area contributed by atoms with Crippen molar-refractivity contribution in [1.82, 2.24) is 0 Å². The number of benzene rings is 1. The lowest BCUT2D eigenvalue weighted by molar-refractivity contribution is -0.117. The molecule has 1 aromatic heterocycles. The van der Waals surface area contributed by atoms with E-state index in [1.54, 1.807) is 36.4 Å². The maximum atomic E-state index is 11.9. The van der Waals surface area contributed by atoms with Gasteiger partial charge in [0.25, 0.3) is 5.91 Å². The number of nitrogens with one attached hydrogen (secondary N) is 1. The predicted molar refractivity (Wildman–Crippen MR) is 73.9 cm³/mol. The van der Waals surface area contributed by atoms with Crippen molar-refractivity contribution < 1.29 is 14.0 Å². The molecule has 6 nitrogen and oxygen atoms in total. The smallest absolute Gasteiger partial charge is 0.291 e. The SMILES string of the molecule is NCc1ccc(C(=O)Nc2ccc(CC(N)=O)cc2)o1. The minimum atomic E-state index is -0.397. The summed E-state index contributed by atoms with van der Waals surface area (Å²) in [6.45, 7) is 0.245. The van der Waals surface area contributed by atoms with Gasteiger partial charge in [-0.25, -0.2) is 0 Å². The Bertz CT molecular complexity index is 617. The van der Waals surface area contributed by atoms with Crippen molar-refractivity contribution in [1.29, 1.82) is 0 Å². The summed E-state index contributed by atoms with van der Waals surface area (Å²) in [5.74, 6) is -0.00217. The monoisotopic (exact) mass is 273 g/mol. The molecule has 2 amide bonds. The van der Waals surface area contributed by atoms with E-state index in [4.69, 9.17) is 15.9 Å². The van der Waals surface area contributed by atoms with Crippen molar-refractivity contribution in [2.24, 2.45) is 11.5 Å². The highest BCUT2D eigenvalue weighted by atomic mass is 16.4. The van der Waals surface area contributed by atoms with E-state index in [0.29, 0.717) is 11.4 Å². The number of furan rings is 1. The molecule has 20 heavy (non-hydrogen) atoms.